The maximum absolute atomic E-state index is 11.4. The molecule has 5 heteroatoms. The van der Waals surface area contributed by atoms with Gasteiger partial charge >= 0.3 is 5.97 Å². The number of rotatable bonds is 3. The third kappa shape index (κ3) is 2.48. The van der Waals surface area contributed by atoms with Gasteiger partial charge in [-0.15, -0.1) is 11.6 Å². The number of hydrogen-bond donors (Lipinski definition) is 1. The van der Waals surface area contributed by atoms with Crippen LogP contribution < -0.4 is 5.32 Å². The van der Waals surface area contributed by atoms with Gasteiger partial charge in [-0.2, -0.15) is 0 Å². The molecular formula is C13H14ClNO3. The van der Waals surface area contributed by atoms with Crippen LogP contribution >= 0.6 is 11.6 Å². The van der Waals surface area contributed by atoms with Gasteiger partial charge in [-0.25, -0.2) is 4.79 Å². The summed E-state index contributed by atoms with van der Waals surface area (Å²) in [5.41, 5.74) is 2.68. The molecule has 2 rings (SSSR count). The zero-order valence-electron chi connectivity index (χ0n) is 10.0. The molecule has 0 heterocycles. The minimum absolute atomic E-state index is 0.00190. The Bertz CT molecular complexity index is 487. The fourth-order valence-electron chi connectivity index (χ4n) is 2.25. The fraction of sp³-hybridized carbons (Fsp3) is 0.385. The van der Waals surface area contributed by atoms with E-state index in [1.54, 1.807) is 6.07 Å². The molecule has 1 aromatic rings. The summed E-state index contributed by atoms with van der Waals surface area (Å²) in [5.74, 6) is -0.552. The highest BCUT2D eigenvalue weighted by atomic mass is 35.5. The Hall–Kier alpha value is -1.55. The molecule has 96 valence electrons. The summed E-state index contributed by atoms with van der Waals surface area (Å²) in [6, 6.07) is 5.41. The number of alkyl halides is 1. The number of nitrogens with one attached hydrogen (secondary N) is 1. The second kappa shape index (κ2) is 5.40. The van der Waals surface area contributed by atoms with Gasteiger partial charge in [0.1, 0.15) is 5.88 Å². The summed E-state index contributed by atoms with van der Waals surface area (Å²) in [6.07, 6.45) is 1.68. The highest BCUT2D eigenvalue weighted by Crippen LogP contribution is 2.31. The molecule has 1 amide bonds. The van der Waals surface area contributed by atoms with Crippen molar-refractivity contribution in [2.45, 2.75) is 18.9 Å². The molecule has 0 saturated heterocycles. The van der Waals surface area contributed by atoms with E-state index in [9.17, 15) is 9.59 Å². The van der Waals surface area contributed by atoms with Crippen molar-refractivity contribution in [3.63, 3.8) is 0 Å². The lowest BCUT2D eigenvalue weighted by Gasteiger charge is -2.13. The van der Waals surface area contributed by atoms with Crippen molar-refractivity contribution in [2.75, 3.05) is 13.0 Å². The van der Waals surface area contributed by atoms with Crippen LogP contribution in [0.4, 0.5) is 0 Å². The number of carbonyl (C=O) groups excluding carboxylic acids is 2. The summed E-state index contributed by atoms with van der Waals surface area (Å²) in [5, 5.41) is 2.86. The number of methoxy groups -OCH3 is 1. The number of carbonyl (C=O) groups is 2. The van der Waals surface area contributed by atoms with Gasteiger partial charge in [0.2, 0.25) is 5.91 Å². The van der Waals surface area contributed by atoms with E-state index >= 15 is 0 Å². The molecule has 0 saturated carbocycles. The van der Waals surface area contributed by atoms with Crippen molar-refractivity contribution in [1.29, 1.82) is 0 Å². The number of ether oxygens (including phenoxy) is 1. The average Bonchev–Trinajstić information content (AvgIpc) is 2.80. The van der Waals surface area contributed by atoms with Crippen molar-refractivity contribution >= 4 is 23.5 Å². The van der Waals surface area contributed by atoms with Gasteiger partial charge in [0.05, 0.1) is 18.7 Å². The van der Waals surface area contributed by atoms with Gasteiger partial charge in [0.15, 0.2) is 0 Å². The first-order valence-corrected chi connectivity index (χ1v) is 6.25. The van der Waals surface area contributed by atoms with Crippen LogP contribution in [0, 0.1) is 0 Å². The molecular weight excluding hydrogens is 254 g/mol. The highest BCUT2D eigenvalue weighted by Gasteiger charge is 2.24. The number of amides is 1. The molecule has 0 fully saturated rings. The number of halogens is 1. The van der Waals surface area contributed by atoms with Gasteiger partial charge in [0, 0.05) is 0 Å². The average molecular weight is 268 g/mol. The lowest BCUT2D eigenvalue weighted by Crippen LogP contribution is -2.27. The quantitative estimate of drug-likeness (QED) is 0.671. The van der Waals surface area contributed by atoms with Crippen molar-refractivity contribution < 1.29 is 14.3 Å². The van der Waals surface area contributed by atoms with Gasteiger partial charge in [-0.05, 0) is 36.1 Å². The Kier molecular flexibility index (Phi) is 3.87. The normalized spacial score (nSPS) is 17.1. The summed E-state index contributed by atoms with van der Waals surface area (Å²) in [7, 11) is 1.36. The fourth-order valence-corrected chi connectivity index (χ4v) is 2.32. The first kappa shape index (κ1) is 12.9. The van der Waals surface area contributed by atoms with Crippen LogP contribution in [0.15, 0.2) is 18.2 Å². The third-order valence-electron chi connectivity index (χ3n) is 3.10. The highest BCUT2D eigenvalue weighted by molar-refractivity contribution is 6.27. The van der Waals surface area contributed by atoms with E-state index in [2.05, 4.69) is 10.1 Å². The molecule has 1 atom stereocenters. The van der Waals surface area contributed by atoms with Crippen molar-refractivity contribution in [3.05, 3.63) is 34.9 Å². The molecule has 0 radical (unpaired) electrons. The van der Waals surface area contributed by atoms with Crippen LogP contribution in [0.1, 0.15) is 33.9 Å². The van der Waals surface area contributed by atoms with E-state index in [-0.39, 0.29) is 23.8 Å². The maximum atomic E-state index is 11.4. The standard InChI is InChI=1S/C13H14ClNO3/c1-18-13(17)9-2-4-10-8(6-9)3-5-11(10)15-12(16)7-14/h2,4,6,11H,3,5,7H2,1H3,(H,15,16). The van der Waals surface area contributed by atoms with Crippen LogP contribution in [-0.4, -0.2) is 24.9 Å². The third-order valence-corrected chi connectivity index (χ3v) is 3.34. The summed E-state index contributed by atoms with van der Waals surface area (Å²) in [4.78, 5) is 22.7. The zero-order valence-corrected chi connectivity index (χ0v) is 10.8. The first-order valence-electron chi connectivity index (χ1n) is 5.72. The van der Waals surface area contributed by atoms with Crippen molar-refractivity contribution in [2.24, 2.45) is 0 Å². The van der Waals surface area contributed by atoms with Crippen molar-refractivity contribution in [1.82, 2.24) is 5.32 Å². The molecule has 1 aliphatic carbocycles. The largest absolute Gasteiger partial charge is 0.465 e. The lowest BCUT2D eigenvalue weighted by molar-refractivity contribution is -0.119. The van der Waals surface area contributed by atoms with Crippen LogP contribution in [0.3, 0.4) is 0 Å². The zero-order chi connectivity index (χ0) is 13.1. The van der Waals surface area contributed by atoms with E-state index in [0.717, 1.165) is 24.0 Å². The van der Waals surface area contributed by atoms with E-state index < -0.39 is 0 Å². The molecule has 1 aromatic carbocycles. The van der Waals surface area contributed by atoms with Crippen molar-refractivity contribution in [3.8, 4) is 0 Å². The molecule has 0 aromatic heterocycles. The first-order chi connectivity index (χ1) is 8.65. The van der Waals surface area contributed by atoms with E-state index in [1.807, 2.05) is 12.1 Å². The number of aryl methyl sites for hydroxylation is 1. The summed E-state index contributed by atoms with van der Waals surface area (Å²) < 4.78 is 4.68. The monoisotopic (exact) mass is 267 g/mol. The molecule has 18 heavy (non-hydrogen) atoms. The summed E-state index contributed by atoms with van der Waals surface area (Å²) in [6.45, 7) is 0. The number of benzene rings is 1. The minimum atomic E-state index is -0.342. The van der Waals surface area contributed by atoms with Gasteiger partial charge in [-0.3, -0.25) is 4.79 Å². The van der Waals surface area contributed by atoms with E-state index in [4.69, 9.17) is 11.6 Å². The Morgan fingerprint density at radius 3 is 2.94 bits per heavy atom. The van der Waals surface area contributed by atoms with Gasteiger partial charge in [-0.1, -0.05) is 6.07 Å². The Morgan fingerprint density at radius 1 is 1.50 bits per heavy atom. The molecule has 0 aliphatic heterocycles. The predicted octanol–water partition coefficient (Wildman–Crippen LogP) is 1.82. The number of esters is 1. The van der Waals surface area contributed by atoms with Crippen LogP contribution in [-0.2, 0) is 16.0 Å². The molecule has 0 spiro atoms. The Morgan fingerprint density at radius 2 is 2.28 bits per heavy atom. The molecule has 1 N–H and O–H groups in total. The topological polar surface area (TPSA) is 55.4 Å². The SMILES string of the molecule is COC(=O)c1ccc2c(c1)CCC2NC(=O)CCl. The Balaban J connectivity index is 2.20. The molecule has 1 aliphatic rings. The Labute approximate surface area is 110 Å². The van der Waals surface area contributed by atoms with Crippen LogP contribution in [0.2, 0.25) is 0 Å². The maximum Gasteiger partial charge on any atom is 0.337 e. The minimum Gasteiger partial charge on any atom is -0.465 e. The molecule has 0 bridgehead atoms. The van der Waals surface area contributed by atoms with Crippen LogP contribution in [0.5, 0.6) is 0 Å². The van der Waals surface area contributed by atoms with Gasteiger partial charge < -0.3 is 10.1 Å². The molecule has 1 unspecified atom stereocenters. The second-order valence-corrected chi connectivity index (χ2v) is 4.46. The number of fused-ring (bicyclic) bond motifs is 1. The smallest absolute Gasteiger partial charge is 0.337 e. The molecule has 4 nitrogen and oxygen atoms in total. The van der Waals surface area contributed by atoms with Crippen LogP contribution in [0.25, 0.3) is 0 Å². The van der Waals surface area contributed by atoms with E-state index in [1.165, 1.54) is 7.11 Å². The van der Waals surface area contributed by atoms with E-state index in [0.29, 0.717) is 5.56 Å². The van der Waals surface area contributed by atoms with Gasteiger partial charge in [0.25, 0.3) is 0 Å². The lowest BCUT2D eigenvalue weighted by atomic mass is 10.0. The predicted molar refractivity (Wildman–Crippen MR) is 67.7 cm³/mol. The number of hydrogen-bond acceptors (Lipinski definition) is 3. The summed E-state index contributed by atoms with van der Waals surface area (Å²) >= 11 is 5.47. The second-order valence-electron chi connectivity index (χ2n) is 4.20.